The van der Waals surface area contributed by atoms with Crippen LogP contribution in [0.4, 0.5) is 5.69 Å². The quantitative estimate of drug-likeness (QED) is 0.705. The van der Waals surface area contributed by atoms with Crippen LogP contribution >= 0.6 is 0 Å². The Morgan fingerprint density at radius 2 is 1.84 bits per heavy atom. The maximum atomic E-state index is 12.8. The van der Waals surface area contributed by atoms with Crippen LogP contribution in [-0.2, 0) is 11.2 Å². The molecule has 1 amide bonds. The normalized spacial score (nSPS) is 10.7. The topological polar surface area (TPSA) is 71.2 Å². The van der Waals surface area contributed by atoms with Crippen molar-refractivity contribution in [2.45, 2.75) is 20.3 Å². The predicted octanol–water partition coefficient (Wildman–Crippen LogP) is 4.08. The Kier molecular flexibility index (Phi) is 4.57. The second kappa shape index (κ2) is 6.81. The van der Waals surface area contributed by atoms with E-state index < -0.39 is 5.97 Å². The number of aromatic amines is 1. The molecule has 0 fully saturated rings. The van der Waals surface area contributed by atoms with Gasteiger partial charge < -0.3 is 15.0 Å². The summed E-state index contributed by atoms with van der Waals surface area (Å²) in [5.41, 5.74) is 2.85. The summed E-state index contributed by atoms with van der Waals surface area (Å²) in [5.74, 6) is -0.714. The average molecular weight is 336 g/mol. The fraction of sp³-hybridized carbons (Fsp3) is 0.200. The summed E-state index contributed by atoms with van der Waals surface area (Å²) < 4.78 is 4.84. The van der Waals surface area contributed by atoms with E-state index in [-0.39, 0.29) is 5.91 Å². The summed E-state index contributed by atoms with van der Waals surface area (Å²) in [7, 11) is 1.34. The van der Waals surface area contributed by atoms with Gasteiger partial charge in [0.05, 0.1) is 12.7 Å². The highest BCUT2D eigenvalue weighted by molar-refractivity contribution is 6.10. The van der Waals surface area contributed by atoms with Gasteiger partial charge in [-0.1, -0.05) is 43.3 Å². The minimum absolute atomic E-state index is 0.279. The smallest absolute Gasteiger partial charge is 0.339 e. The highest BCUT2D eigenvalue weighted by Gasteiger charge is 2.23. The number of rotatable bonds is 4. The monoisotopic (exact) mass is 336 g/mol. The minimum atomic E-state index is -0.435. The molecule has 128 valence electrons. The van der Waals surface area contributed by atoms with E-state index in [0.717, 1.165) is 16.5 Å². The SMILES string of the molecule is CCc1[nH]c(C(=O)Nc2cccc3ccccc23)c(C)c1C(=O)OC. The van der Waals surface area contributed by atoms with Crippen molar-refractivity contribution in [2.75, 3.05) is 12.4 Å². The molecule has 1 heterocycles. The van der Waals surface area contributed by atoms with E-state index in [9.17, 15) is 9.59 Å². The summed E-state index contributed by atoms with van der Waals surface area (Å²) in [4.78, 5) is 27.9. The number of aromatic nitrogens is 1. The van der Waals surface area contributed by atoms with Crippen LogP contribution in [-0.4, -0.2) is 24.0 Å². The first-order chi connectivity index (χ1) is 12.1. The first-order valence-electron chi connectivity index (χ1n) is 8.15. The number of ether oxygens (including phenoxy) is 1. The maximum Gasteiger partial charge on any atom is 0.339 e. The zero-order valence-electron chi connectivity index (χ0n) is 14.5. The van der Waals surface area contributed by atoms with Crippen molar-refractivity contribution in [3.8, 4) is 0 Å². The molecule has 5 heteroatoms. The van der Waals surface area contributed by atoms with Gasteiger partial charge in [-0.05, 0) is 30.4 Å². The van der Waals surface area contributed by atoms with E-state index in [2.05, 4.69) is 10.3 Å². The molecule has 0 saturated carbocycles. The number of nitrogens with one attached hydrogen (secondary N) is 2. The molecule has 0 aliphatic carbocycles. The van der Waals surface area contributed by atoms with Crippen LogP contribution in [0.25, 0.3) is 10.8 Å². The molecule has 1 aromatic heterocycles. The Labute approximate surface area is 146 Å². The van der Waals surface area contributed by atoms with Crippen molar-refractivity contribution in [3.05, 3.63) is 65.0 Å². The van der Waals surface area contributed by atoms with Crippen LogP contribution in [0.2, 0.25) is 0 Å². The van der Waals surface area contributed by atoms with Gasteiger partial charge in [-0.25, -0.2) is 4.79 Å². The van der Waals surface area contributed by atoms with Crippen molar-refractivity contribution in [1.82, 2.24) is 4.98 Å². The molecular formula is C20H20N2O3. The standard InChI is InChI=1S/C20H20N2O3/c1-4-15-17(20(24)25-3)12(2)18(21-15)19(23)22-16-11-7-9-13-8-5-6-10-14(13)16/h5-11,21H,4H2,1-3H3,(H,22,23). The molecule has 25 heavy (non-hydrogen) atoms. The largest absolute Gasteiger partial charge is 0.465 e. The van der Waals surface area contributed by atoms with Gasteiger partial charge in [0.2, 0.25) is 0 Å². The number of anilines is 1. The van der Waals surface area contributed by atoms with Gasteiger partial charge in [0.1, 0.15) is 5.69 Å². The number of hydrogen-bond donors (Lipinski definition) is 2. The number of methoxy groups -OCH3 is 1. The van der Waals surface area contributed by atoms with Gasteiger partial charge in [-0.15, -0.1) is 0 Å². The number of aryl methyl sites for hydroxylation is 1. The fourth-order valence-corrected chi connectivity index (χ4v) is 3.05. The van der Waals surface area contributed by atoms with E-state index in [0.29, 0.717) is 28.9 Å². The van der Waals surface area contributed by atoms with Crippen LogP contribution in [0.1, 0.15) is 39.0 Å². The van der Waals surface area contributed by atoms with Crippen molar-refractivity contribution in [3.63, 3.8) is 0 Å². The molecule has 5 nitrogen and oxygen atoms in total. The molecule has 0 spiro atoms. The molecule has 3 rings (SSSR count). The van der Waals surface area contributed by atoms with Crippen LogP contribution in [0.15, 0.2) is 42.5 Å². The number of benzene rings is 2. The van der Waals surface area contributed by atoms with E-state index >= 15 is 0 Å². The highest BCUT2D eigenvalue weighted by Crippen LogP contribution is 2.25. The third-order valence-corrected chi connectivity index (χ3v) is 4.34. The van der Waals surface area contributed by atoms with E-state index in [4.69, 9.17) is 4.74 Å². The number of esters is 1. The predicted molar refractivity (Wildman–Crippen MR) is 98.1 cm³/mol. The third-order valence-electron chi connectivity index (χ3n) is 4.34. The number of carbonyl (C=O) groups excluding carboxylic acids is 2. The molecule has 0 saturated heterocycles. The molecule has 0 radical (unpaired) electrons. The first-order valence-corrected chi connectivity index (χ1v) is 8.15. The molecule has 0 atom stereocenters. The van der Waals surface area contributed by atoms with Crippen molar-refractivity contribution in [2.24, 2.45) is 0 Å². The molecule has 0 aliphatic rings. The lowest BCUT2D eigenvalue weighted by Crippen LogP contribution is -2.14. The summed E-state index contributed by atoms with van der Waals surface area (Å²) in [5, 5.41) is 4.95. The molecule has 0 aliphatic heterocycles. The lowest BCUT2D eigenvalue weighted by Gasteiger charge is -2.08. The summed E-state index contributed by atoms with van der Waals surface area (Å²) in [6, 6.07) is 13.6. The Morgan fingerprint density at radius 1 is 1.12 bits per heavy atom. The summed E-state index contributed by atoms with van der Waals surface area (Å²) in [6.07, 6.45) is 0.604. The number of hydrogen-bond acceptors (Lipinski definition) is 3. The molecule has 2 aromatic carbocycles. The first kappa shape index (κ1) is 16.8. The number of fused-ring (bicyclic) bond motifs is 1. The molecule has 2 N–H and O–H groups in total. The van der Waals surface area contributed by atoms with Crippen LogP contribution in [0, 0.1) is 6.92 Å². The minimum Gasteiger partial charge on any atom is -0.465 e. The van der Waals surface area contributed by atoms with Gasteiger partial charge in [0.25, 0.3) is 5.91 Å². The fourth-order valence-electron chi connectivity index (χ4n) is 3.05. The molecule has 0 bridgehead atoms. The van der Waals surface area contributed by atoms with Crippen molar-refractivity contribution >= 4 is 28.3 Å². The Balaban J connectivity index is 1.99. The van der Waals surface area contributed by atoms with Crippen LogP contribution < -0.4 is 5.32 Å². The van der Waals surface area contributed by atoms with Crippen LogP contribution in [0.3, 0.4) is 0 Å². The Morgan fingerprint density at radius 3 is 2.56 bits per heavy atom. The Bertz CT molecular complexity index is 951. The van der Waals surface area contributed by atoms with Gasteiger partial charge in [-0.3, -0.25) is 4.79 Å². The van der Waals surface area contributed by atoms with Gasteiger partial charge >= 0.3 is 5.97 Å². The average Bonchev–Trinajstić information content (AvgIpc) is 2.98. The molecular weight excluding hydrogens is 316 g/mol. The van der Waals surface area contributed by atoms with Gasteiger partial charge in [0.15, 0.2) is 0 Å². The third kappa shape index (κ3) is 3.01. The van der Waals surface area contributed by atoms with Crippen molar-refractivity contribution in [1.29, 1.82) is 0 Å². The zero-order chi connectivity index (χ0) is 18.0. The Hall–Kier alpha value is -3.08. The highest BCUT2D eigenvalue weighted by atomic mass is 16.5. The maximum absolute atomic E-state index is 12.8. The van der Waals surface area contributed by atoms with Gasteiger partial charge in [0, 0.05) is 16.8 Å². The lowest BCUT2D eigenvalue weighted by atomic mass is 10.1. The lowest BCUT2D eigenvalue weighted by molar-refractivity contribution is 0.0599. The summed E-state index contributed by atoms with van der Waals surface area (Å²) >= 11 is 0. The zero-order valence-corrected chi connectivity index (χ0v) is 14.5. The van der Waals surface area contributed by atoms with E-state index in [1.807, 2.05) is 49.4 Å². The second-order valence-electron chi connectivity index (χ2n) is 5.80. The number of amides is 1. The molecule has 3 aromatic rings. The summed E-state index contributed by atoms with van der Waals surface area (Å²) in [6.45, 7) is 3.67. The number of H-pyrrole nitrogens is 1. The number of carbonyl (C=O) groups is 2. The van der Waals surface area contributed by atoms with Gasteiger partial charge in [-0.2, -0.15) is 0 Å². The van der Waals surface area contributed by atoms with Crippen molar-refractivity contribution < 1.29 is 14.3 Å². The van der Waals surface area contributed by atoms with Crippen LogP contribution in [0.5, 0.6) is 0 Å². The molecule has 0 unspecified atom stereocenters. The van der Waals surface area contributed by atoms with E-state index in [1.165, 1.54) is 7.11 Å². The second-order valence-corrected chi connectivity index (χ2v) is 5.80. The van der Waals surface area contributed by atoms with E-state index in [1.54, 1.807) is 6.92 Å².